The largest absolute Gasteiger partial charge is 0.378 e. The SMILES string of the molecule is CC(=O)NC1=NN(C(C)=O)C(c2ccc(OS(=O)(=O)c3ccccc3)c(Br)c2)S1. The Kier molecular flexibility index (Phi) is 6.30. The number of hydrogen-bond donors (Lipinski definition) is 1. The molecule has 0 aromatic heterocycles. The Labute approximate surface area is 180 Å². The van der Waals surface area contributed by atoms with E-state index < -0.39 is 15.5 Å². The van der Waals surface area contributed by atoms with Gasteiger partial charge in [-0.25, -0.2) is 5.01 Å². The number of rotatable bonds is 4. The standard InChI is InChI=1S/C18H16BrN3O5S2/c1-11(23)20-18-21-22(12(2)24)17(28-18)13-8-9-16(15(19)10-13)27-29(25,26)14-6-4-3-5-7-14/h3-10,17H,1-2H3,(H,20,21,23). The molecule has 8 nitrogen and oxygen atoms in total. The first-order chi connectivity index (χ1) is 13.7. The van der Waals surface area contributed by atoms with Crippen LogP contribution in [0.1, 0.15) is 24.8 Å². The fourth-order valence-electron chi connectivity index (χ4n) is 2.47. The summed E-state index contributed by atoms with van der Waals surface area (Å²) in [4.78, 5) is 23.3. The lowest BCUT2D eigenvalue weighted by Gasteiger charge is -2.20. The Bertz CT molecular complexity index is 1090. The Morgan fingerprint density at radius 2 is 1.86 bits per heavy atom. The minimum absolute atomic E-state index is 0.0402. The third kappa shape index (κ3) is 4.98. The Hall–Kier alpha value is -2.37. The lowest BCUT2D eigenvalue weighted by molar-refractivity contribution is -0.129. The normalized spacial score (nSPS) is 16.3. The smallest absolute Gasteiger partial charge is 0.339 e. The van der Waals surface area contributed by atoms with E-state index in [4.69, 9.17) is 4.18 Å². The summed E-state index contributed by atoms with van der Waals surface area (Å²) >= 11 is 4.52. The van der Waals surface area contributed by atoms with Gasteiger partial charge in [-0.2, -0.15) is 8.42 Å². The number of amides is 2. The van der Waals surface area contributed by atoms with Crippen molar-refractivity contribution in [1.82, 2.24) is 10.3 Å². The molecule has 11 heteroatoms. The number of hydrogen-bond acceptors (Lipinski definition) is 7. The van der Waals surface area contributed by atoms with Crippen LogP contribution < -0.4 is 9.50 Å². The van der Waals surface area contributed by atoms with Gasteiger partial charge in [0.15, 0.2) is 10.9 Å². The monoisotopic (exact) mass is 497 g/mol. The van der Waals surface area contributed by atoms with Crippen molar-refractivity contribution in [3.63, 3.8) is 0 Å². The molecule has 2 amide bonds. The second-order valence-electron chi connectivity index (χ2n) is 5.96. The van der Waals surface area contributed by atoms with Crippen LogP contribution in [0, 0.1) is 0 Å². The molecule has 29 heavy (non-hydrogen) atoms. The molecule has 0 saturated heterocycles. The molecule has 1 aliphatic rings. The van der Waals surface area contributed by atoms with Crippen molar-refractivity contribution in [2.75, 3.05) is 0 Å². The molecule has 0 fully saturated rings. The van der Waals surface area contributed by atoms with Crippen molar-refractivity contribution >= 4 is 54.8 Å². The maximum atomic E-state index is 12.4. The lowest BCUT2D eigenvalue weighted by atomic mass is 10.2. The van der Waals surface area contributed by atoms with E-state index in [1.807, 2.05) is 0 Å². The number of benzene rings is 2. The highest BCUT2D eigenvalue weighted by molar-refractivity contribution is 9.10. The van der Waals surface area contributed by atoms with Gasteiger partial charge in [-0.15, -0.1) is 5.10 Å². The van der Waals surface area contributed by atoms with Gasteiger partial charge in [0.1, 0.15) is 10.3 Å². The maximum absolute atomic E-state index is 12.4. The molecule has 0 saturated carbocycles. The second-order valence-corrected chi connectivity index (χ2v) is 9.43. The second kappa shape index (κ2) is 8.56. The first kappa shape index (κ1) is 21.3. The van der Waals surface area contributed by atoms with Gasteiger partial charge in [0.25, 0.3) is 0 Å². The van der Waals surface area contributed by atoms with E-state index >= 15 is 0 Å². The minimum Gasteiger partial charge on any atom is -0.378 e. The third-order valence-corrected chi connectivity index (χ3v) is 6.69. The van der Waals surface area contributed by atoms with E-state index in [0.29, 0.717) is 15.2 Å². The minimum atomic E-state index is -3.98. The molecule has 152 valence electrons. The molecule has 1 unspecified atom stereocenters. The summed E-state index contributed by atoms with van der Waals surface area (Å²) in [6.07, 6.45) is 0. The van der Waals surface area contributed by atoms with Crippen molar-refractivity contribution in [3.8, 4) is 5.75 Å². The summed E-state index contributed by atoms with van der Waals surface area (Å²) in [6, 6.07) is 12.6. The highest BCUT2D eigenvalue weighted by atomic mass is 79.9. The fourth-order valence-corrected chi connectivity index (χ4v) is 5.15. The molecule has 0 spiro atoms. The van der Waals surface area contributed by atoms with Gasteiger partial charge in [0.2, 0.25) is 11.8 Å². The van der Waals surface area contributed by atoms with Crippen LogP contribution in [0.3, 0.4) is 0 Å². The predicted octanol–water partition coefficient (Wildman–Crippen LogP) is 3.22. The van der Waals surface area contributed by atoms with Gasteiger partial charge in [-0.05, 0) is 45.8 Å². The molecule has 2 aromatic carbocycles. The molecular formula is C18H16BrN3O5S2. The van der Waals surface area contributed by atoms with Gasteiger partial charge in [0.05, 0.1) is 4.47 Å². The van der Waals surface area contributed by atoms with E-state index in [1.54, 1.807) is 30.3 Å². The van der Waals surface area contributed by atoms with Crippen LogP contribution in [0.15, 0.2) is 63.0 Å². The van der Waals surface area contributed by atoms with Gasteiger partial charge >= 0.3 is 10.1 Å². The maximum Gasteiger partial charge on any atom is 0.339 e. The van der Waals surface area contributed by atoms with Gasteiger partial charge in [-0.3, -0.25) is 9.59 Å². The number of halogens is 1. The van der Waals surface area contributed by atoms with E-state index in [-0.39, 0.29) is 22.5 Å². The number of hydrazone groups is 1. The molecule has 0 radical (unpaired) electrons. The summed E-state index contributed by atoms with van der Waals surface area (Å²) in [5, 5.41) is 7.74. The molecule has 1 heterocycles. The van der Waals surface area contributed by atoms with E-state index in [0.717, 1.165) is 0 Å². The van der Waals surface area contributed by atoms with Crippen molar-refractivity contribution in [3.05, 3.63) is 58.6 Å². The molecule has 0 aliphatic carbocycles. The number of nitrogens with zero attached hydrogens (tertiary/aromatic N) is 2. The van der Waals surface area contributed by atoms with Crippen LogP contribution >= 0.6 is 27.7 Å². The zero-order valence-electron chi connectivity index (χ0n) is 15.3. The Balaban J connectivity index is 1.84. The summed E-state index contributed by atoms with van der Waals surface area (Å²) in [5.74, 6) is -0.486. The number of carbonyl (C=O) groups excluding carboxylic acids is 2. The third-order valence-electron chi connectivity index (χ3n) is 3.72. The van der Waals surface area contributed by atoms with Crippen molar-refractivity contribution in [2.24, 2.45) is 5.10 Å². The number of thioether (sulfide) groups is 1. The molecule has 0 bridgehead atoms. The van der Waals surface area contributed by atoms with Gasteiger partial charge in [0, 0.05) is 13.8 Å². The fraction of sp³-hybridized carbons (Fsp3) is 0.167. The number of carbonyl (C=O) groups is 2. The van der Waals surface area contributed by atoms with Crippen LogP contribution in [0.2, 0.25) is 0 Å². The topological polar surface area (TPSA) is 105 Å². The van der Waals surface area contributed by atoms with Crippen molar-refractivity contribution in [1.29, 1.82) is 0 Å². The molecular weight excluding hydrogens is 482 g/mol. The molecule has 3 rings (SSSR count). The summed E-state index contributed by atoms with van der Waals surface area (Å²) < 4.78 is 30.5. The van der Waals surface area contributed by atoms with Crippen LogP contribution in [-0.4, -0.2) is 30.4 Å². The van der Waals surface area contributed by atoms with Crippen LogP contribution in [0.4, 0.5) is 0 Å². The zero-order valence-corrected chi connectivity index (χ0v) is 18.5. The highest BCUT2D eigenvalue weighted by Gasteiger charge is 2.33. The molecule has 1 aliphatic heterocycles. The van der Waals surface area contributed by atoms with Crippen molar-refractivity contribution in [2.45, 2.75) is 24.1 Å². The first-order valence-electron chi connectivity index (χ1n) is 8.29. The summed E-state index contributed by atoms with van der Waals surface area (Å²) in [6.45, 7) is 2.72. The lowest BCUT2D eigenvalue weighted by Crippen LogP contribution is -2.25. The number of amidine groups is 1. The average molecular weight is 498 g/mol. The number of nitrogens with one attached hydrogen (secondary N) is 1. The van der Waals surface area contributed by atoms with Gasteiger partial charge < -0.3 is 9.50 Å². The Morgan fingerprint density at radius 3 is 2.45 bits per heavy atom. The molecule has 1 atom stereocenters. The highest BCUT2D eigenvalue weighted by Crippen LogP contribution is 2.41. The first-order valence-corrected chi connectivity index (χ1v) is 11.4. The van der Waals surface area contributed by atoms with Gasteiger partial charge in [-0.1, -0.05) is 36.0 Å². The average Bonchev–Trinajstić information content (AvgIpc) is 3.07. The molecule has 2 aromatic rings. The van der Waals surface area contributed by atoms with E-state index in [1.165, 1.54) is 48.8 Å². The van der Waals surface area contributed by atoms with Crippen LogP contribution in [0.25, 0.3) is 0 Å². The quantitative estimate of drug-likeness (QED) is 0.650. The van der Waals surface area contributed by atoms with Crippen molar-refractivity contribution < 1.29 is 22.2 Å². The zero-order chi connectivity index (χ0) is 21.2. The molecule has 1 N–H and O–H groups in total. The van der Waals surface area contributed by atoms with Crippen LogP contribution in [-0.2, 0) is 19.7 Å². The summed E-state index contributed by atoms with van der Waals surface area (Å²) in [7, 11) is -3.98. The van der Waals surface area contributed by atoms with E-state index in [2.05, 4.69) is 26.3 Å². The summed E-state index contributed by atoms with van der Waals surface area (Å²) in [5.41, 5.74) is 0.672. The van der Waals surface area contributed by atoms with Crippen LogP contribution in [0.5, 0.6) is 5.75 Å². The predicted molar refractivity (Wildman–Crippen MR) is 113 cm³/mol. The van der Waals surface area contributed by atoms with E-state index in [9.17, 15) is 18.0 Å². The Morgan fingerprint density at radius 1 is 1.17 bits per heavy atom.